The first-order valence-electron chi connectivity index (χ1n) is 7.39. The first-order chi connectivity index (χ1) is 8.70. The van der Waals surface area contributed by atoms with Gasteiger partial charge in [-0.3, -0.25) is 0 Å². The zero-order valence-electron chi connectivity index (χ0n) is 12.0. The van der Waals surface area contributed by atoms with E-state index in [9.17, 15) is 0 Å². The molecule has 0 bridgehead atoms. The molecular weight excluding hydrogens is 240 g/mol. The number of nitrogens with zero attached hydrogens (tertiary/aromatic N) is 1. The molecule has 2 rings (SSSR count). The van der Waals surface area contributed by atoms with Gasteiger partial charge in [0.25, 0.3) is 0 Å². The lowest BCUT2D eigenvalue weighted by Crippen LogP contribution is -2.14. The van der Waals surface area contributed by atoms with Crippen LogP contribution in [0.2, 0.25) is 0 Å². The number of aromatic nitrogens is 1. The van der Waals surface area contributed by atoms with Crippen LogP contribution in [0.4, 0.5) is 0 Å². The molecule has 1 aromatic rings. The summed E-state index contributed by atoms with van der Waals surface area (Å²) >= 11 is 1.96. The van der Waals surface area contributed by atoms with Gasteiger partial charge >= 0.3 is 0 Å². The van der Waals surface area contributed by atoms with Crippen LogP contribution in [0.3, 0.4) is 0 Å². The first-order valence-corrected chi connectivity index (χ1v) is 8.21. The normalized spacial score (nSPS) is 16.2. The van der Waals surface area contributed by atoms with Crippen molar-refractivity contribution < 1.29 is 0 Å². The van der Waals surface area contributed by atoms with Gasteiger partial charge in [-0.25, -0.2) is 4.98 Å². The van der Waals surface area contributed by atoms with Crippen LogP contribution in [0, 0.1) is 5.92 Å². The number of hydrogen-bond donors (Lipinski definition) is 1. The maximum Gasteiger partial charge on any atom is 0.0962 e. The highest BCUT2D eigenvalue weighted by Gasteiger charge is 2.24. The van der Waals surface area contributed by atoms with Crippen LogP contribution in [0.15, 0.2) is 0 Å². The average Bonchev–Trinajstić information content (AvgIpc) is 2.58. The molecule has 0 unspecified atom stereocenters. The van der Waals surface area contributed by atoms with Crippen molar-refractivity contribution in [2.45, 2.75) is 65.3 Å². The van der Waals surface area contributed by atoms with Gasteiger partial charge < -0.3 is 5.32 Å². The van der Waals surface area contributed by atoms with E-state index in [2.05, 4.69) is 26.1 Å². The van der Waals surface area contributed by atoms with Gasteiger partial charge in [0.05, 0.1) is 10.7 Å². The molecule has 0 amide bonds. The highest BCUT2D eigenvalue weighted by atomic mass is 32.1. The summed E-state index contributed by atoms with van der Waals surface area (Å²) in [4.78, 5) is 6.41. The lowest BCUT2D eigenvalue weighted by Gasteiger charge is -2.22. The molecule has 1 aromatic heterocycles. The van der Waals surface area contributed by atoms with Crippen molar-refractivity contribution in [3.8, 4) is 0 Å². The molecule has 0 spiro atoms. The van der Waals surface area contributed by atoms with Crippen LogP contribution < -0.4 is 5.32 Å². The van der Waals surface area contributed by atoms with E-state index < -0.39 is 0 Å². The first kappa shape index (κ1) is 14.0. The summed E-state index contributed by atoms with van der Waals surface area (Å²) in [6.07, 6.45) is 6.44. The van der Waals surface area contributed by atoms with E-state index in [1.54, 1.807) is 0 Å². The number of thiazole rings is 1. The number of hydrogen-bond acceptors (Lipinski definition) is 3. The maximum absolute atomic E-state index is 4.93. The Bertz CT molecular complexity index is 367. The molecule has 0 saturated heterocycles. The van der Waals surface area contributed by atoms with Crippen molar-refractivity contribution in [1.29, 1.82) is 0 Å². The van der Waals surface area contributed by atoms with Crippen molar-refractivity contribution in [2.75, 3.05) is 6.54 Å². The van der Waals surface area contributed by atoms with Gasteiger partial charge in [0.15, 0.2) is 0 Å². The Morgan fingerprint density at radius 2 is 2.17 bits per heavy atom. The third-order valence-corrected chi connectivity index (χ3v) is 4.82. The highest BCUT2D eigenvalue weighted by molar-refractivity contribution is 7.11. The molecule has 102 valence electrons. The standard InChI is InChI=1S/C15H26N2S/c1-4-8-16-10-14-13(9-11(2)3)17-15(18-14)12-6-5-7-12/h11-12,16H,4-10H2,1-3H3. The van der Waals surface area contributed by atoms with E-state index in [-0.39, 0.29) is 0 Å². The molecule has 0 radical (unpaired) electrons. The van der Waals surface area contributed by atoms with Gasteiger partial charge in [0.2, 0.25) is 0 Å². The minimum atomic E-state index is 0.700. The quantitative estimate of drug-likeness (QED) is 0.751. The Morgan fingerprint density at radius 3 is 2.72 bits per heavy atom. The second-order valence-corrected chi connectivity index (χ2v) is 6.94. The molecule has 2 nitrogen and oxygen atoms in total. The summed E-state index contributed by atoms with van der Waals surface area (Å²) in [5.74, 6) is 1.48. The molecule has 1 aliphatic rings. The second-order valence-electron chi connectivity index (χ2n) is 5.82. The van der Waals surface area contributed by atoms with Crippen molar-refractivity contribution in [1.82, 2.24) is 10.3 Å². The molecule has 1 aliphatic carbocycles. The molecule has 1 fully saturated rings. The third-order valence-electron chi connectivity index (χ3n) is 3.56. The van der Waals surface area contributed by atoms with Crippen molar-refractivity contribution >= 4 is 11.3 Å². The highest BCUT2D eigenvalue weighted by Crippen LogP contribution is 2.39. The average molecular weight is 266 g/mol. The summed E-state index contributed by atoms with van der Waals surface area (Å²) in [5, 5.41) is 4.93. The SMILES string of the molecule is CCCNCc1sc(C2CCC2)nc1CC(C)C. The Labute approximate surface area is 115 Å². The number of rotatable bonds is 7. The van der Waals surface area contributed by atoms with E-state index in [4.69, 9.17) is 4.98 Å². The predicted octanol–water partition coefficient (Wildman–Crippen LogP) is 4.11. The van der Waals surface area contributed by atoms with Gasteiger partial charge in [-0.1, -0.05) is 27.2 Å². The van der Waals surface area contributed by atoms with Gasteiger partial charge in [-0.05, 0) is 38.1 Å². The van der Waals surface area contributed by atoms with Gasteiger partial charge in [0, 0.05) is 17.3 Å². The van der Waals surface area contributed by atoms with E-state index in [1.165, 1.54) is 41.3 Å². The maximum atomic E-state index is 4.93. The second kappa shape index (κ2) is 6.67. The monoisotopic (exact) mass is 266 g/mol. The van der Waals surface area contributed by atoms with Crippen LogP contribution in [0.1, 0.15) is 68.0 Å². The fourth-order valence-electron chi connectivity index (χ4n) is 2.30. The largest absolute Gasteiger partial charge is 0.312 e. The zero-order valence-corrected chi connectivity index (χ0v) is 12.8. The smallest absolute Gasteiger partial charge is 0.0962 e. The van der Waals surface area contributed by atoms with Crippen LogP contribution >= 0.6 is 11.3 Å². The lowest BCUT2D eigenvalue weighted by atomic mass is 9.86. The summed E-state index contributed by atoms with van der Waals surface area (Å²) in [5.41, 5.74) is 1.36. The van der Waals surface area contributed by atoms with E-state index in [1.807, 2.05) is 11.3 Å². The van der Waals surface area contributed by atoms with Gasteiger partial charge in [-0.2, -0.15) is 0 Å². The fraction of sp³-hybridized carbons (Fsp3) is 0.800. The van der Waals surface area contributed by atoms with E-state index in [0.29, 0.717) is 5.92 Å². The van der Waals surface area contributed by atoms with Crippen molar-refractivity contribution in [3.63, 3.8) is 0 Å². The lowest BCUT2D eigenvalue weighted by molar-refractivity contribution is 0.417. The summed E-state index contributed by atoms with van der Waals surface area (Å²) < 4.78 is 0. The van der Waals surface area contributed by atoms with Crippen molar-refractivity contribution in [3.05, 3.63) is 15.6 Å². The van der Waals surface area contributed by atoms with Crippen LogP contribution in [0.5, 0.6) is 0 Å². The molecule has 1 N–H and O–H groups in total. The van der Waals surface area contributed by atoms with E-state index >= 15 is 0 Å². The minimum Gasteiger partial charge on any atom is -0.312 e. The Balaban J connectivity index is 2.05. The van der Waals surface area contributed by atoms with Crippen LogP contribution in [-0.2, 0) is 13.0 Å². The van der Waals surface area contributed by atoms with E-state index in [0.717, 1.165) is 25.4 Å². The Kier molecular flexibility index (Phi) is 5.19. The molecular formula is C15H26N2S. The van der Waals surface area contributed by atoms with Gasteiger partial charge in [0.1, 0.15) is 0 Å². The third kappa shape index (κ3) is 3.55. The number of nitrogens with one attached hydrogen (secondary N) is 1. The topological polar surface area (TPSA) is 24.9 Å². The molecule has 18 heavy (non-hydrogen) atoms. The summed E-state index contributed by atoms with van der Waals surface area (Å²) in [6.45, 7) is 8.91. The fourth-order valence-corrected chi connectivity index (χ4v) is 3.53. The molecule has 1 saturated carbocycles. The van der Waals surface area contributed by atoms with Crippen LogP contribution in [-0.4, -0.2) is 11.5 Å². The Hall–Kier alpha value is -0.410. The molecule has 0 aromatic carbocycles. The zero-order chi connectivity index (χ0) is 13.0. The van der Waals surface area contributed by atoms with Gasteiger partial charge in [-0.15, -0.1) is 11.3 Å². The molecule has 3 heteroatoms. The summed E-state index contributed by atoms with van der Waals surface area (Å²) in [6, 6.07) is 0. The summed E-state index contributed by atoms with van der Waals surface area (Å²) in [7, 11) is 0. The van der Waals surface area contributed by atoms with Crippen molar-refractivity contribution in [2.24, 2.45) is 5.92 Å². The van der Waals surface area contributed by atoms with Crippen LogP contribution in [0.25, 0.3) is 0 Å². The molecule has 0 aliphatic heterocycles. The molecule has 0 atom stereocenters. The molecule has 1 heterocycles. The minimum absolute atomic E-state index is 0.700. The predicted molar refractivity (Wildman–Crippen MR) is 79.2 cm³/mol. The Morgan fingerprint density at radius 1 is 1.39 bits per heavy atom.